The van der Waals surface area contributed by atoms with E-state index >= 15 is 0 Å². The first-order valence-corrected chi connectivity index (χ1v) is 11.4. The van der Waals surface area contributed by atoms with Crippen LogP contribution in [-0.4, -0.2) is 77.8 Å². The number of carbonyl (C=O) groups is 2. The summed E-state index contributed by atoms with van der Waals surface area (Å²) in [5.74, 6) is -2.30. The van der Waals surface area contributed by atoms with Crippen molar-refractivity contribution in [3.05, 3.63) is 59.7 Å². The number of hydrogen-bond acceptors (Lipinski definition) is 10. The molecule has 2 aromatic rings. The van der Waals surface area contributed by atoms with Crippen molar-refractivity contribution in [3.8, 4) is 11.5 Å². The fourth-order valence-corrected chi connectivity index (χ4v) is 3.64. The summed E-state index contributed by atoms with van der Waals surface area (Å²) in [7, 11) is 0. The summed E-state index contributed by atoms with van der Waals surface area (Å²) in [5, 5.41) is 30.7. The minimum atomic E-state index is -1.24. The van der Waals surface area contributed by atoms with Gasteiger partial charge in [-0.3, -0.25) is 0 Å². The Morgan fingerprint density at radius 1 is 0.943 bits per heavy atom. The topological polar surface area (TPSA) is 141 Å². The molecule has 10 nitrogen and oxygen atoms in total. The summed E-state index contributed by atoms with van der Waals surface area (Å²) in [6.07, 6.45) is -4.82. The number of aliphatic hydroxyl groups excluding tert-OH is 1. The van der Waals surface area contributed by atoms with E-state index in [4.69, 9.17) is 23.7 Å². The molecule has 1 fully saturated rings. The molecular formula is C25H30O10. The van der Waals surface area contributed by atoms with E-state index in [0.717, 1.165) is 0 Å². The van der Waals surface area contributed by atoms with E-state index < -0.39 is 49.3 Å². The van der Waals surface area contributed by atoms with Crippen molar-refractivity contribution in [2.75, 3.05) is 19.8 Å². The minimum Gasteiger partial charge on any atom is -0.507 e. The van der Waals surface area contributed by atoms with Gasteiger partial charge in [-0.15, -0.1) is 0 Å². The van der Waals surface area contributed by atoms with Crippen LogP contribution in [0.25, 0.3) is 0 Å². The predicted molar refractivity (Wildman–Crippen MR) is 122 cm³/mol. The third-order valence-electron chi connectivity index (χ3n) is 5.33. The predicted octanol–water partition coefficient (Wildman–Crippen LogP) is 2.40. The molecule has 0 radical (unpaired) electrons. The van der Waals surface area contributed by atoms with E-state index in [1.54, 1.807) is 31.2 Å². The Bertz CT molecular complexity index is 994. The van der Waals surface area contributed by atoms with E-state index in [9.17, 15) is 24.9 Å². The molecule has 10 heteroatoms. The number of phenols is 2. The quantitative estimate of drug-likeness (QED) is 0.402. The van der Waals surface area contributed by atoms with Gasteiger partial charge in [-0.05, 0) is 37.6 Å². The summed E-state index contributed by atoms with van der Waals surface area (Å²) in [4.78, 5) is 25.4. The molecule has 190 valence electrons. The summed E-state index contributed by atoms with van der Waals surface area (Å²) < 4.78 is 28.0. The number of carbonyl (C=O) groups excluding carboxylic acids is 2. The van der Waals surface area contributed by atoms with Crippen LogP contribution in [-0.2, 0) is 23.7 Å². The Balaban J connectivity index is 1.85. The van der Waals surface area contributed by atoms with Crippen molar-refractivity contribution in [1.82, 2.24) is 0 Å². The number of aromatic hydroxyl groups is 2. The number of ether oxygens (including phenoxy) is 5. The van der Waals surface area contributed by atoms with Crippen LogP contribution in [0.4, 0.5) is 0 Å². The van der Waals surface area contributed by atoms with Crippen LogP contribution in [0.15, 0.2) is 48.5 Å². The van der Waals surface area contributed by atoms with E-state index in [2.05, 4.69) is 0 Å². The summed E-state index contributed by atoms with van der Waals surface area (Å²) in [6.45, 7) is 3.68. The first-order valence-electron chi connectivity index (χ1n) is 11.4. The second-order valence-electron chi connectivity index (χ2n) is 7.83. The van der Waals surface area contributed by atoms with E-state index in [1.807, 2.05) is 6.92 Å². The van der Waals surface area contributed by atoms with Crippen LogP contribution in [0.1, 0.15) is 41.0 Å². The zero-order valence-electron chi connectivity index (χ0n) is 19.5. The van der Waals surface area contributed by atoms with Gasteiger partial charge in [0.05, 0.1) is 0 Å². The molecule has 5 atom stereocenters. The highest BCUT2D eigenvalue weighted by molar-refractivity contribution is 5.93. The molecule has 1 aliphatic heterocycles. The first-order chi connectivity index (χ1) is 16.9. The van der Waals surface area contributed by atoms with Gasteiger partial charge >= 0.3 is 11.9 Å². The van der Waals surface area contributed by atoms with Crippen molar-refractivity contribution in [2.24, 2.45) is 0 Å². The van der Waals surface area contributed by atoms with Gasteiger partial charge in [0.25, 0.3) is 0 Å². The van der Waals surface area contributed by atoms with Crippen molar-refractivity contribution in [1.29, 1.82) is 0 Å². The number of phenolic OH excluding ortho intramolecular Hbond substituents is 2. The molecule has 0 unspecified atom stereocenters. The van der Waals surface area contributed by atoms with Crippen LogP contribution in [0.5, 0.6) is 11.5 Å². The van der Waals surface area contributed by atoms with Gasteiger partial charge in [-0.1, -0.05) is 31.2 Å². The third-order valence-corrected chi connectivity index (χ3v) is 5.33. The molecule has 0 bridgehead atoms. The summed E-state index contributed by atoms with van der Waals surface area (Å²) >= 11 is 0. The van der Waals surface area contributed by atoms with Gasteiger partial charge in [0, 0.05) is 13.2 Å². The van der Waals surface area contributed by atoms with Gasteiger partial charge < -0.3 is 39.0 Å². The van der Waals surface area contributed by atoms with E-state index in [-0.39, 0.29) is 35.8 Å². The molecule has 0 spiro atoms. The van der Waals surface area contributed by atoms with Gasteiger partial charge in [-0.25, -0.2) is 9.59 Å². The molecule has 0 aliphatic carbocycles. The van der Waals surface area contributed by atoms with Crippen molar-refractivity contribution in [3.63, 3.8) is 0 Å². The lowest BCUT2D eigenvalue weighted by atomic mass is 10.1. The van der Waals surface area contributed by atoms with Crippen molar-refractivity contribution < 1.29 is 48.6 Å². The largest absolute Gasteiger partial charge is 0.507 e. The third kappa shape index (κ3) is 6.49. The molecule has 0 saturated carbocycles. The standard InChI is InChI=1S/C25H30O10/c1-3-13-32-22-20(28)25(31-4-2)35-21(22)19(34-24(30)16-10-6-8-12-18(16)27)14-33-23(29)15-9-5-7-11-17(15)26/h5-12,19-22,25-28H,3-4,13-14H2,1-2H3/t19-,20+,21+,22+,25-/m1/s1. The monoisotopic (exact) mass is 490 g/mol. The molecule has 35 heavy (non-hydrogen) atoms. The number of esters is 2. The molecule has 1 saturated heterocycles. The molecule has 3 rings (SSSR count). The van der Waals surface area contributed by atoms with Crippen LogP contribution in [0.3, 0.4) is 0 Å². The van der Waals surface area contributed by atoms with E-state index in [1.165, 1.54) is 24.3 Å². The molecule has 0 amide bonds. The Labute approximate surface area is 203 Å². The molecule has 1 heterocycles. The number of rotatable bonds is 11. The smallest absolute Gasteiger partial charge is 0.342 e. The lowest BCUT2D eigenvalue weighted by molar-refractivity contribution is -0.179. The summed E-state index contributed by atoms with van der Waals surface area (Å²) in [6, 6.07) is 11.6. The maximum atomic E-state index is 12.9. The highest BCUT2D eigenvalue weighted by Crippen LogP contribution is 2.30. The van der Waals surface area contributed by atoms with Gasteiger partial charge in [-0.2, -0.15) is 0 Å². The Kier molecular flexibility index (Phi) is 9.44. The minimum absolute atomic E-state index is 0.0726. The van der Waals surface area contributed by atoms with Crippen molar-refractivity contribution >= 4 is 11.9 Å². The van der Waals surface area contributed by atoms with Gasteiger partial charge in [0.1, 0.15) is 47.5 Å². The lowest BCUT2D eigenvalue weighted by Gasteiger charge is -2.27. The van der Waals surface area contributed by atoms with Crippen LogP contribution in [0.2, 0.25) is 0 Å². The number of benzene rings is 2. The average Bonchev–Trinajstić information content (AvgIpc) is 3.15. The fraction of sp³-hybridized carbons (Fsp3) is 0.440. The zero-order valence-corrected chi connectivity index (χ0v) is 19.5. The van der Waals surface area contributed by atoms with E-state index in [0.29, 0.717) is 6.42 Å². The molecule has 2 aromatic carbocycles. The Morgan fingerprint density at radius 2 is 1.54 bits per heavy atom. The number of hydrogen-bond donors (Lipinski definition) is 3. The fourth-order valence-electron chi connectivity index (χ4n) is 3.64. The normalized spacial score (nSPS) is 22.5. The molecular weight excluding hydrogens is 460 g/mol. The average molecular weight is 491 g/mol. The van der Waals surface area contributed by atoms with Crippen LogP contribution >= 0.6 is 0 Å². The van der Waals surface area contributed by atoms with Crippen LogP contribution < -0.4 is 0 Å². The second kappa shape index (κ2) is 12.5. The second-order valence-corrected chi connectivity index (χ2v) is 7.83. The zero-order chi connectivity index (χ0) is 25.4. The van der Waals surface area contributed by atoms with Gasteiger partial charge in [0.2, 0.25) is 0 Å². The highest BCUT2D eigenvalue weighted by atomic mass is 16.7. The Hall–Kier alpha value is -3.18. The van der Waals surface area contributed by atoms with Crippen molar-refractivity contribution in [2.45, 2.75) is 51.0 Å². The maximum absolute atomic E-state index is 12.9. The van der Waals surface area contributed by atoms with Gasteiger partial charge in [0.15, 0.2) is 12.4 Å². The summed E-state index contributed by atoms with van der Waals surface area (Å²) in [5.41, 5.74) is -0.174. The Morgan fingerprint density at radius 3 is 2.11 bits per heavy atom. The number of para-hydroxylation sites is 2. The molecule has 1 aliphatic rings. The molecule has 3 N–H and O–H groups in total. The maximum Gasteiger partial charge on any atom is 0.342 e. The number of aliphatic hydroxyl groups is 1. The van der Waals surface area contributed by atoms with Crippen LogP contribution in [0, 0.1) is 0 Å². The SMILES string of the molecule is CCCO[C@H]1[C@H](O)[C@H](OCC)O[C@H]1[C@@H](COC(=O)c1ccccc1O)OC(=O)c1ccccc1O. The molecule has 0 aromatic heterocycles. The first kappa shape index (κ1) is 26.4. The highest BCUT2D eigenvalue weighted by Gasteiger charge is 2.50. The lowest BCUT2D eigenvalue weighted by Crippen LogP contribution is -2.45.